The minimum absolute atomic E-state index is 0.233. The van der Waals surface area contributed by atoms with Crippen LogP contribution in [-0.4, -0.2) is 12.3 Å². The predicted octanol–water partition coefficient (Wildman–Crippen LogP) is 2.90. The zero-order chi connectivity index (χ0) is 11.0. The van der Waals surface area contributed by atoms with Crippen LogP contribution in [0.15, 0.2) is 0 Å². The van der Waals surface area contributed by atoms with Crippen LogP contribution in [0.25, 0.3) is 0 Å². The molecule has 2 heteroatoms. The number of rotatable bonds is 8. The molecule has 84 valence electrons. The van der Waals surface area contributed by atoms with Crippen LogP contribution in [0.5, 0.6) is 0 Å². The van der Waals surface area contributed by atoms with Gasteiger partial charge in [-0.1, -0.05) is 27.2 Å². The van der Waals surface area contributed by atoms with Gasteiger partial charge in [-0.3, -0.25) is 4.79 Å². The molecule has 2 nitrogen and oxygen atoms in total. The van der Waals surface area contributed by atoms with Crippen molar-refractivity contribution in [3.63, 3.8) is 0 Å². The molecule has 0 bridgehead atoms. The maximum atomic E-state index is 11.4. The van der Waals surface area contributed by atoms with Crippen molar-refractivity contribution in [2.24, 2.45) is 11.1 Å². The van der Waals surface area contributed by atoms with Crippen molar-refractivity contribution in [1.29, 1.82) is 0 Å². The van der Waals surface area contributed by atoms with E-state index in [9.17, 15) is 4.79 Å². The van der Waals surface area contributed by atoms with E-state index in [-0.39, 0.29) is 5.41 Å². The topological polar surface area (TPSA) is 43.1 Å². The number of ketones is 1. The standard InChI is InChI=1S/C12H25NO/c1-4-5-6-11(14)7-8-12(2,3)9-10-13/h4-10,13H2,1-3H3. The van der Waals surface area contributed by atoms with Crippen LogP contribution in [-0.2, 0) is 4.79 Å². The highest BCUT2D eigenvalue weighted by Crippen LogP contribution is 2.26. The van der Waals surface area contributed by atoms with E-state index in [1.807, 2.05) is 0 Å². The maximum Gasteiger partial charge on any atom is 0.132 e. The first-order valence-electron chi connectivity index (χ1n) is 5.73. The van der Waals surface area contributed by atoms with Gasteiger partial charge in [-0.15, -0.1) is 0 Å². The Labute approximate surface area is 88.3 Å². The number of Topliss-reactive ketones (excluding diaryl/α,β-unsaturated/α-hetero) is 1. The molecule has 0 saturated carbocycles. The van der Waals surface area contributed by atoms with Crippen molar-refractivity contribution in [3.05, 3.63) is 0 Å². The predicted molar refractivity (Wildman–Crippen MR) is 61.2 cm³/mol. The number of nitrogens with two attached hydrogens (primary N) is 1. The summed E-state index contributed by atoms with van der Waals surface area (Å²) in [7, 11) is 0. The Morgan fingerprint density at radius 1 is 1.21 bits per heavy atom. The summed E-state index contributed by atoms with van der Waals surface area (Å²) in [5.74, 6) is 0.414. The Bertz CT molecular complexity index is 164. The molecule has 0 aliphatic heterocycles. The maximum absolute atomic E-state index is 11.4. The van der Waals surface area contributed by atoms with Crippen LogP contribution in [0, 0.1) is 5.41 Å². The first kappa shape index (κ1) is 13.6. The highest BCUT2D eigenvalue weighted by Gasteiger charge is 2.17. The molecule has 0 aromatic heterocycles. The average molecular weight is 199 g/mol. The largest absolute Gasteiger partial charge is 0.330 e. The summed E-state index contributed by atoms with van der Waals surface area (Å²) in [5.41, 5.74) is 5.75. The van der Waals surface area contributed by atoms with E-state index < -0.39 is 0 Å². The lowest BCUT2D eigenvalue weighted by Crippen LogP contribution is -2.18. The molecule has 0 aliphatic carbocycles. The normalized spacial score (nSPS) is 11.7. The summed E-state index contributed by atoms with van der Waals surface area (Å²) in [6.07, 6.45) is 5.62. The number of hydrogen-bond donors (Lipinski definition) is 1. The molecular weight excluding hydrogens is 174 g/mol. The van der Waals surface area contributed by atoms with Gasteiger partial charge in [-0.2, -0.15) is 0 Å². The van der Waals surface area contributed by atoms with E-state index in [4.69, 9.17) is 5.73 Å². The molecule has 14 heavy (non-hydrogen) atoms. The van der Waals surface area contributed by atoms with Gasteiger partial charge < -0.3 is 5.73 Å². The molecule has 0 spiro atoms. The second kappa shape index (κ2) is 6.99. The van der Waals surface area contributed by atoms with Crippen LogP contribution in [0.3, 0.4) is 0 Å². The molecule has 0 aliphatic rings. The molecule has 0 unspecified atom stereocenters. The van der Waals surface area contributed by atoms with Crippen LogP contribution in [0.1, 0.15) is 59.3 Å². The van der Waals surface area contributed by atoms with Crippen molar-refractivity contribution in [2.45, 2.75) is 59.3 Å². The molecule has 0 aromatic carbocycles. The fourth-order valence-electron chi connectivity index (χ4n) is 1.49. The van der Waals surface area contributed by atoms with E-state index in [2.05, 4.69) is 20.8 Å². The van der Waals surface area contributed by atoms with Crippen LogP contribution >= 0.6 is 0 Å². The zero-order valence-electron chi connectivity index (χ0n) is 9.94. The van der Waals surface area contributed by atoms with Gasteiger partial charge in [0.2, 0.25) is 0 Å². The first-order chi connectivity index (χ1) is 6.52. The van der Waals surface area contributed by atoms with Gasteiger partial charge in [-0.05, 0) is 31.2 Å². The number of unbranched alkanes of at least 4 members (excludes halogenated alkanes) is 1. The third-order valence-corrected chi connectivity index (χ3v) is 2.71. The molecule has 0 saturated heterocycles. The average Bonchev–Trinajstić information content (AvgIpc) is 2.11. The van der Waals surface area contributed by atoms with Crippen molar-refractivity contribution >= 4 is 5.78 Å². The highest BCUT2D eigenvalue weighted by molar-refractivity contribution is 5.78. The monoisotopic (exact) mass is 199 g/mol. The molecule has 0 radical (unpaired) electrons. The van der Waals surface area contributed by atoms with E-state index in [0.717, 1.165) is 45.1 Å². The Hall–Kier alpha value is -0.370. The van der Waals surface area contributed by atoms with Crippen molar-refractivity contribution in [3.8, 4) is 0 Å². The Morgan fingerprint density at radius 2 is 1.86 bits per heavy atom. The second-order valence-electron chi connectivity index (χ2n) is 4.85. The molecule has 0 atom stereocenters. The molecule has 2 N–H and O–H groups in total. The lowest BCUT2D eigenvalue weighted by molar-refractivity contribution is -0.119. The molecule has 0 fully saturated rings. The minimum Gasteiger partial charge on any atom is -0.330 e. The highest BCUT2D eigenvalue weighted by atomic mass is 16.1. The van der Waals surface area contributed by atoms with Crippen LogP contribution in [0.4, 0.5) is 0 Å². The molecule has 0 aromatic rings. The van der Waals surface area contributed by atoms with Gasteiger partial charge in [0.05, 0.1) is 0 Å². The number of carbonyl (C=O) groups is 1. The Balaban J connectivity index is 3.64. The molecule has 0 rings (SSSR count). The minimum atomic E-state index is 0.233. The first-order valence-corrected chi connectivity index (χ1v) is 5.73. The van der Waals surface area contributed by atoms with E-state index in [1.165, 1.54) is 0 Å². The van der Waals surface area contributed by atoms with Gasteiger partial charge in [0.1, 0.15) is 5.78 Å². The molecular formula is C12H25NO. The van der Waals surface area contributed by atoms with E-state index in [0.29, 0.717) is 5.78 Å². The van der Waals surface area contributed by atoms with Crippen molar-refractivity contribution < 1.29 is 4.79 Å². The Kier molecular flexibility index (Phi) is 6.81. The van der Waals surface area contributed by atoms with Gasteiger partial charge in [0.15, 0.2) is 0 Å². The van der Waals surface area contributed by atoms with Gasteiger partial charge in [0.25, 0.3) is 0 Å². The summed E-state index contributed by atoms with van der Waals surface area (Å²) in [5, 5.41) is 0. The fraction of sp³-hybridized carbons (Fsp3) is 0.917. The smallest absolute Gasteiger partial charge is 0.132 e. The molecule has 0 amide bonds. The van der Waals surface area contributed by atoms with Crippen molar-refractivity contribution in [2.75, 3.05) is 6.54 Å². The van der Waals surface area contributed by atoms with Crippen LogP contribution < -0.4 is 5.73 Å². The SMILES string of the molecule is CCCCC(=O)CCC(C)(C)CCN. The van der Waals surface area contributed by atoms with Gasteiger partial charge in [0, 0.05) is 12.8 Å². The summed E-state index contributed by atoms with van der Waals surface area (Å²) in [4.78, 5) is 11.4. The number of carbonyl (C=O) groups excluding carboxylic acids is 1. The number of hydrogen-bond acceptors (Lipinski definition) is 2. The zero-order valence-corrected chi connectivity index (χ0v) is 9.94. The molecule has 0 heterocycles. The lowest BCUT2D eigenvalue weighted by atomic mass is 9.83. The quantitative estimate of drug-likeness (QED) is 0.653. The summed E-state index contributed by atoms with van der Waals surface area (Å²) < 4.78 is 0. The fourth-order valence-corrected chi connectivity index (χ4v) is 1.49. The van der Waals surface area contributed by atoms with Crippen LogP contribution in [0.2, 0.25) is 0 Å². The third kappa shape index (κ3) is 7.07. The summed E-state index contributed by atoms with van der Waals surface area (Å²) >= 11 is 0. The lowest BCUT2D eigenvalue weighted by Gasteiger charge is -2.23. The van der Waals surface area contributed by atoms with E-state index >= 15 is 0 Å². The second-order valence-corrected chi connectivity index (χ2v) is 4.85. The van der Waals surface area contributed by atoms with Crippen molar-refractivity contribution in [1.82, 2.24) is 0 Å². The van der Waals surface area contributed by atoms with Gasteiger partial charge in [-0.25, -0.2) is 0 Å². The van der Waals surface area contributed by atoms with E-state index in [1.54, 1.807) is 0 Å². The summed E-state index contributed by atoms with van der Waals surface area (Å²) in [6, 6.07) is 0. The van der Waals surface area contributed by atoms with Gasteiger partial charge >= 0.3 is 0 Å². The third-order valence-electron chi connectivity index (χ3n) is 2.71. The Morgan fingerprint density at radius 3 is 2.36 bits per heavy atom. The summed E-state index contributed by atoms with van der Waals surface area (Å²) in [6.45, 7) is 7.21.